The molecule has 188 valence electrons. The van der Waals surface area contributed by atoms with Gasteiger partial charge in [-0.1, -0.05) is 0 Å². The number of benzene rings is 2. The molecule has 1 fully saturated rings. The largest absolute Gasteiger partial charge is 0.504 e. The van der Waals surface area contributed by atoms with Gasteiger partial charge in [0, 0.05) is 11.6 Å². The summed E-state index contributed by atoms with van der Waals surface area (Å²) in [5.41, 5.74) is 4.15. The van der Waals surface area contributed by atoms with Crippen molar-refractivity contribution in [3.63, 3.8) is 0 Å². The second-order valence-corrected chi connectivity index (χ2v) is 8.85. The van der Waals surface area contributed by atoms with Crippen molar-refractivity contribution in [1.29, 1.82) is 0 Å². The second-order valence-electron chi connectivity index (χ2n) is 8.85. The van der Waals surface area contributed by atoms with E-state index in [1.54, 1.807) is 12.1 Å². The number of aromatic hydroxyl groups is 1. The number of phenols is 1. The first-order chi connectivity index (χ1) is 16.7. The van der Waals surface area contributed by atoms with Crippen LogP contribution >= 0.6 is 0 Å². The molecule has 1 saturated heterocycles. The predicted molar refractivity (Wildman–Crippen MR) is 120 cm³/mol. The minimum atomic E-state index is -1.84. The van der Waals surface area contributed by atoms with Crippen LogP contribution in [0.3, 0.4) is 0 Å². The summed E-state index contributed by atoms with van der Waals surface area (Å²) in [7, 11) is 2.90. The Morgan fingerprint density at radius 2 is 1.77 bits per heavy atom. The molecule has 2 aromatic rings. The lowest BCUT2D eigenvalue weighted by molar-refractivity contribution is -0.271. The fourth-order valence-corrected chi connectivity index (χ4v) is 5.17. The maximum absolute atomic E-state index is 11.6. The smallest absolute Gasteiger partial charge is 0.335 e. The van der Waals surface area contributed by atoms with Gasteiger partial charge in [0.2, 0.25) is 6.29 Å². The van der Waals surface area contributed by atoms with E-state index >= 15 is 0 Å². The first kappa shape index (κ1) is 23.6. The Hall–Kier alpha value is -3.09. The zero-order valence-electron chi connectivity index (χ0n) is 19.1. The maximum Gasteiger partial charge on any atom is 0.335 e. The van der Waals surface area contributed by atoms with Crippen molar-refractivity contribution in [2.75, 3.05) is 20.8 Å². The van der Waals surface area contributed by atoms with Gasteiger partial charge in [0.15, 0.2) is 29.1 Å². The first-order valence-corrected chi connectivity index (χ1v) is 11.2. The van der Waals surface area contributed by atoms with Crippen LogP contribution in [-0.4, -0.2) is 83.0 Å². The Morgan fingerprint density at radius 3 is 2.46 bits per heavy atom. The van der Waals surface area contributed by atoms with E-state index in [0.717, 1.165) is 29.7 Å². The molecule has 2 heterocycles. The van der Waals surface area contributed by atoms with E-state index in [-0.39, 0.29) is 23.3 Å². The van der Waals surface area contributed by atoms with Crippen LogP contribution in [0.1, 0.15) is 22.7 Å². The highest BCUT2D eigenvalue weighted by molar-refractivity contribution is 5.85. The van der Waals surface area contributed by atoms with Crippen molar-refractivity contribution in [3.05, 3.63) is 34.9 Å². The van der Waals surface area contributed by atoms with Crippen LogP contribution in [0.2, 0.25) is 0 Å². The van der Waals surface area contributed by atoms with E-state index < -0.39 is 36.7 Å². The standard InChI is InChI=1S/C24H27NO10/c1-32-14-8-11-10(6-13(14)26)5-12-16-9(3-4-25-12)7-15(33-2)21(17(11)16)34-24-20(29)18(27)19(28)22(35-24)23(30)31/h6-8,12,18-20,22,24-29H,3-5H2,1-2H3,(H,30,31)/t12-,18+,19-,20+,22+,24+/m0/s1. The monoisotopic (exact) mass is 489 g/mol. The lowest BCUT2D eigenvalue weighted by Gasteiger charge is -2.40. The lowest BCUT2D eigenvalue weighted by Crippen LogP contribution is -2.61. The summed E-state index contributed by atoms with van der Waals surface area (Å²) in [5, 5.41) is 54.1. The van der Waals surface area contributed by atoms with Crippen LogP contribution in [-0.2, 0) is 22.4 Å². The molecule has 0 bridgehead atoms. The normalized spacial score (nSPS) is 29.1. The van der Waals surface area contributed by atoms with E-state index in [1.165, 1.54) is 14.2 Å². The molecule has 6 N–H and O–H groups in total. The molecule has 3 aliphatic rings. The molecular weight excluding hydrogens is 462 g/mol. The molecule has 0 saturated carbocycles. The molecule has 0 radical (unpaired) electrons. The molecular formula is C24H27NO10. The molecule has 0 spiro atoms. The number of phenolic OH excluding ortho intramolecular Hbond substituents is 1. The number of aliphatic hydroxyl groups excluding tert-OH is 3. The number of aliphatic carboxylic acids is 1. The van der Waals surface area contributed by atoms with Crippen molar-refractivity contribution in [2.24, 2.45) is 0 Å². The number of fused-ring (bicyclic) bond motifs is 2. The lowest BCUT2D eigenvalue weighted by atomic mass is 9.77. The Balaban J connectivity index is 1.68. The average molecular weight is 489 g/mol. The van der Waals surface area contributed by atoms with E-state index in [9.17, 15) is 30.3 Å². The van der Waals surface area contributed by atoms with Gasteiger partial charge in [0.1, 0.15) is 18.3 Å². The molecule has 6 atom stereocenters. The van der Waals surface area contributed by atoms with Gasteiger partial charge in [-0.05, 0) is 59.8 Å². The number of methoxy groups -OCH3 is 2. The highest BCUT2D eigenvalue weighted by Crippen LogP contribution is 2.53. The van der Waals surface area contributed by atoms with Crippen molar-refractivity contribution < 1.29 is 49.3 Å². The minimum Gasteiger partial charge on any atom is -0.504 e. The number of carboxylic acids is 1. The number of aliphatic hydroxyl groups is 3. The van der Waals surface area contributed by atoms with E-state index in [4.69, 9.17) is 18.9 Å². The molecule has 11 heteroatoms. The van der Waals surface area contributed by atoms with Gasteiger partial charge in [0.25, 0.3) is 0 Å². The number of nitrogens with one attached hydrogen (secondary N) is 1. The van der Waals surface area contributed by atoms with Gasteiger partial charge >= 0.3 is 5.97 Å². The summed E-state index contributed by atoms with van der Waals surface area (Å²) in [5.74, 6) is -0.769. The molecule has 35 heavy (non-hydrogen) atoms. The van der Waals surface area contributed by atoms with Gasteiger partial charge in [-0.3, -0.25) is 0 Å². The second kappa shape index (κ2) is 8.85. The summed E-state index contributed by atoms with van der Waals surface area (Å²) in [6, 6.07) is 5.07. The SMILES string of the molecule is COc1cc2c(cc1O)C[C@@H]1NCCc3cc(OC)c(O[C@@H]4O[C@@H](C(=O)O)[C@@H](O)[C@@H](O)[C@H]4O)c-2c31. The number of carboxylic acid groups (broad SMARTS) is 1. The van der Waals surface area contributed by atoms with Crippen molar-refractivity contribution >= 4 is 5.97 Å². The van der Waals surface area contributed by atoms with E-state index in [2.05, 4.69) is 5.32 Å². The quantitative estimate of drug-likeness (QED) is 0.337. The molecule has 2 aliphatic heterocycles. The van der Waals surface area contributed by atoms with Crippen LogP contribution in [0.15, 0.2) is 18.2 Å². The third-order valence-electron chi connectivity index (χ3n) is 6.87. The molecule has 0 amide bonds. The van der Waals surface area contributed by atoms with Crippen LogP contribution < -0.4 is 19.5 Å². The van der Waals surface area contributed by atoms with E-state index in [0.29, 0.717) is 23.3 Å². The maximum atomic E-state index is 11.6. The molecule has 5 rings (SSSR count). The minimum absolute atomic E-state index is 0.0106. The molecule has 11 nitrogen and oxygen atoms in total. The van der Waals surface area contributed by atoms with Crippen molar-refractivity contribution in [3.8, 4) is 34.1 Å². The number of ether oxygens (including phenoxy) is 4. The van der Waals surface area contributed by atoms with Crippen LogP contribution in [0.25, 0.3) is 11.1 Å². The van der Waals surface area contributed by atoms with Crippen LogP contribution in [0.5, 0.6) is 23.0 Å². The summed E-state index contributed by atoms with van der Waals surface area (Å²) in [4.78, 5) is 11.6. The summed E-state index contributed by atoms with van der Waals surface area (Å²) in [6.07, 6.45) is -7.47. The summed E-state index contributed by atoms with van der Waals surface area (Å²) < 4.78 is 22.4. The predicted octanol–water partition coefficient (Wildman–Crippen LogP) is 0.0903. The zero-order valence-corrected chi connectivity index (χ0v) is 19.1. The Morgan fingerprint density at radius 1 is 1.03 bits per heavy atom. The van der Waals surface area contributed by atoms with E-state index in [1.807, 2.05) is 6.07 Å². The van der Waals surface area contributed by atoms with Crippen LogP contribution in [0.4, 0.5) is 0 Å². The van der Waals surface area contributed by atoms with Gasteiger partial charge in [0.05, 0.1) is 14.2 Å². The summed E-state index contributed by atoms with van der Waals surface area (Å²) in [6.45, 7) is 0.743. The highest BCUT2D eigenvalue weighted by atomic mass is 16.7. The molecule has 0 aromatic heterocycles. The zero-order chi connectivity index (χ0) is 25.0. The number of hydrogen-bond acceptors (Lipinski definition) is 10. The number of rotatable bonds is 5. The number of carbonyl (C=O) groups is 1. The van der Waals surface area contributed by atoms with Crippen molar-refractivity contribution in [1.82, 2.24) is 5.32 Å². The molecule has 2 aromatic carbocycles. The highest BCUT2D eigenvalue weighted by Gasteiger charge is 2.49. The Bertz CT molecular complexity index is 1170. The van der Waals surface area contributed by atoms with Crippen molar-refractivity contribution in [2.45, 2.75) is 49.6 Å². The topological polar surface area (TPSA) is 167 Å². The van der Waals surface area contributed by atoms with Gasteiger partial charge in [-0.2, -0.15) is 0 Å². The van der Waals surface area contributed by atoms with Gasteiger partial charge < -0.3 is 49.8 Å². The summed E-state index contributed by atoms with van der Waals surface area (Å²) >= 11 is 0. The Kier molecular flexibility index (Phi) is 5.98. The fraction of sp³-hybridized carbons (Fsp3) is 0.458. The first-order valence-electron chi connectivity index (χ1n) is 11.2. The Labute approximate surface area is 200 Å². The average Bonchev–Trinajstić information content (AvgIpc) is 2.84. The fourth-order valence-electron chi connectivity index (χ4n) is 5.17. The third kappa shape index (κ3) is 3.76. The molecule has 1 aliphatic carbocycles. The number of hydrogen-bond donors (Lipinski definition) is 6. The van der Waals surface area contributed by atoms with Crippen LogP contribution in [0, 0.1) is 0 Å². The third-order valence-corrected chi connectivity index (χ3v) is 6.87. The van der Waals surface area contributed by atoms with Gasteiger partial charge in [-0.15, -0.1) is 0 Å². The van der Waals surface area contributed by atoms with Gasteiger partial charge in [-0.25, -0.2) is 4.79 Å². The molecule has 0 unspecified atom stereocenters.